The lowest BCUT2D eigenvalue weighted by Gasteiger charge is -2.28. The first-order chi connectivity index (χ1) is 12.8. The molecule has 26 heavy (non-hydrogen) atoms. The number of benzene rings is 1. The van der Waals surface area contributed by atoms with Gasteiger partial charge in [-0.3, -0.25) is 4.99 Å². The number of likely N-dealkylation sites (tertiary alicyclic amines) is 1. The first kappa shape index (κ1) is 18.0. The van der Waals surface area contributed by atoms with Crippen LogP contribution in [0.25, 0.3) is 0 Å². The van der Waals surface area contributed by atoms with Crippen LogP contribution < -0.4 is 10.2 Å². The van der Waals surface area contributed by atoms with E-state index >= 15 is 0 Å². The fraction of sp³-hybridized carbons (Fsp3) is 0.650. The van der Waals surface area contributed by atoms with E-state index in [9.17, 15) is 0 Å². The van der Waals surface area contributed by atoms with Crippen LogP contribution in [0, 0.1) is 5.41 Å². The first-order valence-electron chi connectivity index (χ1n) is 9.73. The minimum atomic E-state index is 0.367. The van der Waals surface area contributed by atoms with E-state index in [1.807, 2.05) is 7.05 Å². The van der Waals surface area contributed by atoms with Gasteiger partial charge in [0.1, 0.15) is 0 Å². The maximum Gasteiger partial charge on any atom is 0.193 e. The molecule has 1 atom stereocenters. The Morgan fingerprint density at radius 3 is 2.69 bits per heavy atom. The molecule has 3 aliphatic heterocycles. The summed E-state index contributed by atoms with van der Waals surface area (Å²) in [6, 6.07) is 9.01. The third kappa shape index (κ3) is 3.96. The second-order valence-electron chi connectivity index (χ2n) is 7.64. The van der Waals surface area contributed by atoms with Gasteiger partial charge in [0.05, 0.1) is 6.61 Å². The standard InChI is InChI=1S/C20H30N4OS/c1-21-19(24-8-6-20(15-24)7-11-25-16-20)22-14-17-2-4-18(5-3-17)23-9-12-26-13-10-23/h2-5H,6-16H2,1H3,(H,21,22). The molecule has 142 valence electrons. The van der Waals surface area contributed by atoms with Gasteiger partial charge in [0.25, 0.3) is 0 Å². The highest BCUT2D eigenvalue weighted by molar-refractivity contribution is 7.99. The van der Waals surface area contributed by atoms with Crippen molar-refractivity contribution in [1.82, 2.24) is 10.2 Å². The lowest BCUT2D eigenvalue weighted by atomic mass is 9.87. The molecule has 0 bridgehead atoms. The molecule has 4 rings (SSSR count). The summed E-state index contributed by atoms with van der Waals surface area (Å²) in [7, 11) is 1.88. The van der Waals surface area contributed by atoms with Gasteiger partial charge in [0.2, 0.25) is 0 Å². The molecular formula is C20H30N4OS. The third-order valence-electron chi connectivity index (χ3n) is 5.90. The highest BCUT2D eigenvalue weighted by Gasteiger charge is 2.42. The van der Waals surface area contributed by atoms with Crippen molar-refractivity contribution in [2.24, 2.45) is 10.4 Å². The second kappa shape index (κ2) is 8.09. The van der Waals surface area contributed by atoms with Gasteiger partial charge in [-0.25, -0.2) is 0 Å². The molecule has 1 aromatic carbocycles. The summed E-state index contributed by atoms with van der Waals surface area (Å²) >= 11 is 2.05. The van der Waals surface area contributed by atoms with E-state index in [0.29, 0.717) is 5.41 Å². The first-order valence-corrected chi connectivity index (χ1v) is 10.9. The molecule has 3 fully saturated rings. The predicted molar refractivity (Wildman–Crippen MR) is 110 cm³/mol. The molecule has 1 unspecified atom stereocenters. The van der Waals surface area contributed by atoms with Crippen LogP contribution in [0.5, 0.6) is 0 Å². The summed E-state index contributed by atoms with van der Waals surface area (Å²) in [6.07, 6.45) is 2.41. The molecule has 3 heterocycles. The van der Waals surface area contributed by atoms with E-state index in [4.69, 9.17) is 4.74 Å². The Bertz CT molecular complexity index is 621. The molecule has 5 nitrogen and oxygen atoms in total. The van der Waals surface area contributed by atoms with E-state index in [1.54, 1.807) is 0 Å². The van der Waals surface area contributed by atoms with Gasteiger partial charge in [-0.2, -0.15) is 11.8 Å². The lowest BCUT2D eigenvalue weighted by Crippen LogP contribution is -2.41. The van der Waals surface area contributed by atoms with Crippen molar-refractivity contribution >= 4 is 23.4 Å². The summed E-state index contributed by atoms with van der Waals surface area (Å²) in [5, 5.41) is 3.55. The Labute approximate surface area is 161 Å². The third-order valence-corrected chi connectivity index (χ3v) is 6.84. The number of aliphatic imine (C=N–C) groups is 1. The van der Waals surface area contributed by atoms with Crippen molar-refractivity contribution in [2.45, 2.75) is 19.4 Å². The largest absolute Gasteiger partial charge is 0.381 e. The maximum atomic E-state index is 5.64. The number of guanidine groups is 1. The average Bonchev–Trinajstić information content (AvgIpc) is 3.34. The van der Waals surface area contributed by atoms with Crippen molar-refractivity contribution in [3.8, 4) is 0 Å². The van der Waals surface area contributed by atoms with Crippen LogP contribution in [-0.2, 0) is 11.3 Å². The molecule has 0 aliphatic carbocycles. The number of thioether (sulfide) groups is 1. The normalized spacial score (nSPS) is 26.7. The highest BCUT2D eigenvalue weighted by atomic mass is 32.2. The average molecular weight is 375 g/mol. The van der Waals surface area contributed by atoms with Crippen LogP contribution in [0.4, 0.5) is 5.69 Å². The van der Waals surface area contributed by atoms with Crippen molar-refractivity contribution in [1.29, 1.82) is 0 Å². The van der Waals surface area contributed by atoms with Crippen LogP contribution in [0.1, 0.15) is 18.4 Å². The Morgan fingerprint density at radius 1 is 1.19 bits per heavy atom. The fourth-order valence-corrected chi connectivity index (χ4v) is 5.15. The summed E-state index contributed by atoms with van der Waals surface area (Å²) in [5.41, 5.74) is 3.02. The second-order valence-corrected chi connectivity index (χ2v) is 8.87. The summed E-state index contributed by atoms with van der Waals surface area (Å²) in [4.78, 5) is 9.39. The number of hydrogen-bond donors (Lipinski definition) is 1. The van der Waals surface area contributed by atoms with Crippen molar-refractivity contribution in [3.63, 3.8) is 0 Å². The van der Waals surface area contributed by atoms with Gasteiger partial charge >= 0.3 is 0 Å². The van der Waals surface area contributed by atoms with Crippen molar-refractivity contribution in [3.05, 3.63) is 29.8 Å². The molecule has 6 heteroatoms. The zero-order chi connectivity index (χ0) is 17.8. The Kier molecular flexibility index (Phi) is 5.60. The molecular weight excluding hydrogens is 344 g/mol. The minimum Gasteiger partial charge on any atom is -0.381 e. The molecule has 0 saturated carbocycles. The van der Waals surface area contributed by atoms with Gasteiger partial charge in [0, 0.05) is 69.0 Å². The summed E-state index contributed by atoms with van der Waals surface area (Å²) in [6.45, 7) is 7.12. The monoisotopic (exact) mass is 374 g/mol. The predicted octanol–water partition coefficient (Wildman–Crippen LogP) is 2.43. The van der Waals surface area contributed by atoms with E-state index < -0.39 is 0 Å². The van der Waals surface area contributed by atoms with Crippen LogP contribution in [0.15, 0.2) is 29.3 Å². The molecule has 0 amide bonds. The molecule has 0 radical (unpaired) electrons. The van der Waals surface area contributed by atoms with E-state index in [1.165, 1.54) is 35.6 Å². The van der Waals surface area contributed by atoms with Gasteiger partial charge in [-0.05, 0) is 30.5 Å². The van der Waals surface area contributed by atoms with Crippen LogP contribution in [-0.4, -0.2) is 68.8 Å². The molecule has 1 N–H and O–H groups in total. The number of rotatable bonds is 3. The van der Waals surface area contributed by atoms with Crippen molar-refractivity contribution in [2.75, 3.05) is 62.8 Å². The van der Waals surface area contributed by atoms with Gasteiger partial charge in [-0.1, -0.05) is 12.1 Å². The topological polar surface area (TPSA) is 40.1 Å². The van der Waals surface area contributed by atoms with E-state index in [-0.39, 0.29) is 0 Å². The zero-order valence-electron chi connectivity index (χ0n) is 15.7. The molecule has 3 saturated heterocycles. The smallest absolute Gasteiger partial charge is 0.193 e. The fourth-order valence-electron chi connectivity index (χ4n) is 4.25. The summed E-state index contributed by atoms with van der Waals surface area (Å²) < 4.78 is 5.64. The van der Waals surface area contributed by atoms with Crippen LogP contribution >= 0.6 is 11.8 Å². The van der Waals surface area contributed by atoms with E-state index in [0.717, 1.165) is 51.9 Å². The Balaban J connectivity index is 1.31. The quantitative estimate of drug-likeness (QED) is 0.650. The Morgan fingerprint density at radius 2 is 2.00 bits per heavy atom. The van der Waals surface area contributed by atoms with E-state index in [2.05, 4.69) is 56.1 Å². The number of ether oxygens (including phenoxy) is 1. The molecule has 3 aliphatic rings. The minimum absolute atomic E-state index is 0.367. The zero-order valence-corrected chi connectivity index (χ0v) is 16.6. The SMILES string of the molecule is CN=C(NCc1ccc(N2CCSCC2)cc1)N1CCC2(CCOC2)C1. The van der Waals surface area contributed by atoms with Crippen LogP contribution in [0.2, 0.25) is 0 Å². The number of nitrogens with one attached hydrogen (secondary N) is 1. The number of hydrogen-bond acceptors (Lipinski definition) is 4. The van der Waals surface area contributed by atoms with Gasteiger partial charge < -0.3 is 19.9 Å². The Hall–Kier alpha value is -1.40. The number of anilines is 1. The molecule has 0 aromatic heterocycles. The van der Waals surface area contributed by atoms with Gasteiger partial charge in [0.15, 0.2) is 5.96 Å². The van der Waals surface area contributed by atoms with Crippen LogP contribution in [0.3, 0.4) is 0 Å². The number of nitrogens with zero attached hydrogens (tertiary/aromatic N) is 3. The highest BCUT2D eigenvalue weighted by Crippen LogP contribution is 2.38. The molecule has 1 aromatic rings. The summed E-state index contributed by atoms with van der Waals surface area (Å²) in [5.74, 6) is 3.50. The maximum absolute atomic E-state index is 5.64. The van der Waals surface area contributed by atoms with Crippen molar-refractivity contribution < 1.29 is 4.74 Å². The lowest BCUT2D eigenvalue weighted by molar-refractivity contribution is 0.156. The van der Waals surface area contributed by atoms with Gasteiger partial charge in [-0.15, -0.1) is 0 Å². The molecule has 1 spiro atoms.